The second-order valence-electron chi connectivity index (χ2n) is 4.75. The molecule has 0 aliphatic carbocycles. The van der Waals surface area contributed by atoms with Crippen LogP contribution >= 0.6 is 0 Å². The number of fused-ring (bicyclic) bond motifs is 1. The maximum absolute atomic E-state index is 8.95. The third-order valence-corrected chi connectivity index (χ3v) is 2.42. The molecule has 2 rings (SSSR count). The van der Waals surface area contributed by atoms with Crippen molar-refractivity contribution in [3.63, 3.8) is 0 Å². The summed E-state index contributed by atoms with van der Waals surface area (Å²) in [6.45, 7) is 7.04. The van der Waals surface area contributed by atoms with E-state index in [-0.39, 0.29) is 5.54 Å². The van der Waals surface area contributed by atoms with Crippen LogP contribution in [0.4, 0.5) is 0 Å². The zero-order valence-electron chi connectivity index (χ0n) is 10.8. The van der Waals surface area contributed by atoms with Crippen molar-refractivity contribution >= 4 is 17.4 Å². The van der Waals surface area contributed by atoms with Gasteiger partial charge in [0.1, 0.15) is 0 Å². The molecule has 2 aromatic rings. The van der Waals surface area contributed by atoms with Crippen molar-refractivity contribution < 1.29 is 9.53 Å². The molecule has 0 aliphatic heterocycles. The van der Waals surface area contributed by atoms with E-state index in [0.29, 0.717) is 6.47 Å². The Bertz CT molecular complexity index is 480. The van der Waals surface area contributed by atoms with Crippen LogP contribution in [0.3, 0.4) is 0 Å². The Hall–Kier alpha value is -1.77. The van der Waals surface area contributed by atoms with Crippen molar-refractivity contribution in [1.29, 1.82) is 0 Å². The Morgan fingerprint density at radius 2 is 1.76 bits per heavy atom. The van der Waals surface area contributed by atoms with Gasteiger partial charge < -0.3 is 9.30 Å². The molecule has 0 aliphatic rings. The van der Waals surface area contributed by atoms with Crippen LogP contribution in [0.25, 0.3) is 10.9 Å². The van der Waals surface area contributed by atoms with Gasteiger partial charge in [-0.3, -0.25) is 4.79 Å². The number of rotatable bonds is 1. The molecule has 0 radical (unpaired) electrons. The van der Waals surface area contributed by atoms with Gasteiger partial charge >= 0.3 is 0 Å². The van der Waals surface area contributed by atoms with E-state index >= 15 is 0 Å². The molecule has 92 valence electrons. The molecule has 0 unspecified atom stereocenters. The smallest absolute Gasteiger partial charge is 0.292 e. The van der Waals surface area contributed by atoms with Gasteiger partial charge in [0.05, 0.1) is 7.11 Å². The minimum atomic E-state index is 0.170. The summed E-state index contributed by atoms with van der Waals surface area (Å²) in [7, 11) is 1.31. The summed E-state index contributed by atoms with van der Waals surface area (Å²) in [5, 5.41) is 1.32. The number of benzene rings is 1. The number of hydrogen-bond acceptors (Lipinski definition) is 2. The minimum Gasteiger partial charge on any atom is -0.471 e. The Morgan fingerprint density at radius 1 is 1.18 bits per heavy atom. The average Bonchev–Trinajstić information content (AvgIpc) is 2.72. The van der Waals surface area contributed by atoms with Gasteiger partial charge in [0, 0.05) is 17.3 Å². The standard InChI is InChI=1S/C12H15N.C2H4O2/c1-12(2,3)13-9-8-10-6-4-5-7-11(10)13;1-4-2-3/h4-9H,1-3H3;2H,1H3. The number of aromatic nitrogens is 1. The lowest BCUT2D eigenvalue weighted by molar-refractivity contribution is -0.126. The van der Waals surface area contributed by atoms with Gasteiger partial charge in [-0.05, 0) is 38.3 Å². The van der Waals surface area contributed by atoms with E-state index in [9.17, 15) is 0 Å². The molecule has 3 nitrogen and oxygen atoms in total. The largest absolute Gasteiger partial charge is 0.471 e. The monoisotopic (exact) mass is 233 g/mol. The summed E-state index contributed by atoms with van der Waals surface area (Å²) in [6, 6.07) is 10.7. The second kappa shape index (κ2) is 5.53. The van der Waals surface area contributed by atoms with Gasteiger partial charge in [0.2, 0.25) is 0 Å². The number of methoxy groups -OCH3 is 1. The van der Waals surface area contributed by atoms with Crippen LogP contribution < -0.4 is 0 Å². The number of carbonyl (C=O) groups excluding carboxylic acids is 1. The molecule has 0 saturated carbocycles. The molecule has 0 N–H and O–H groups in total. The molecule has 0 fully saturated rings. The highest BCUT2D eigenvalue weighted by atomic mass is 16.5. The zero-order valence-corrected chi connectivity index (χ0v) is 10.8. The zero-order chi connectivity index (χ0) is 12.9. The van der Waals surface area contributed by atoms with E-state index in [1.807, 2.05) is 0 Å². The third-order valence-electron chi connectivity index (χ3n) is 2.42. The van der Waals surface area contributed by atoms with Crippen molar-refractivity contribution in [2.75, 3.05) is 7.11 Å². The summed E-state index contributed by atoms with van der Waals surface area (Å²) < 4.78 is 6.17. The van der Waals surface area contributed by atoms with Crippen LogP contribution in [0.15, 0.2) is 36.5 Å². The molecule has 3 heteroatoms. The summed E-state index contributed by atoms with van der Waals surface area (Å²) in [5.74, 6) is 0. The molecule has 17 heavy (non-hydrogen) atoms. The van der Waals surface area contributed by atoms with Gasteiger partial charge in [-0.15, -0.1) is 0 Å². The van der Waals surface area contributed by atoms with E-state index in [4.69, 9.17) is 4.79 Å². The van der Waals surface area contributed by atoms with E-state index in [1.54, 1.807) is 0 Å². The number of nitrogens with zero attached hydrogens (tertiary/aromatic N) is 1. The van der Waals surface area contributed by atoms with Gasteiger partial charge in [0.25, 0.3) is 6.47 Å². The van der Waals surface area contributed by atoms with Crippen LogP contribution in [0, 0.1) is 0 Å². The summed E-state index contributed by atoms with van der Waals surface area (Å²) in [4.78, 5) is 8.95. The first-order chi connectivity index (χ1) is 8.00. The maximum Gasteiger partial charge on any atom is 0.292 e. The predicted molar refractivity (Wildman–Crippen MR) is 70.0 cm³/mol. The Morgan fingerprint density at radius 3 is 2.29 bits per heavy atom. The molecule has 1 heterocycles. The first-order valence-electron chi connectivity index (χ1n) is 5.53. The van der Waals surface area contributed by atoms with Crippen LogP contribution in [-0.2, 0) is 15.1 Å². The highest BCUT2D eigenvalue weighted by Gasteiger charge is 2.13. The number of carbonyl (C=O) groups is 1. The van der Waals surface area contributed by atoms with Gasteiger partial charge in [-0.1, -0.05) is 18.2 Å². The lowest BCUT2D eigenvalue weighted by Crippen LogP contribution is -2.20. The van der Waals surface area contributed by atoms with Crippen LogP contribution in [0.1, 0.15) is 20.8 Å². The molecular formula is C14H19NO2. The van der Waals surface area contributed by atoms with E-state index in [1.165, 1.54) is 18.0 Å². The van der Waals surface area contributed by atoms with Crippen LogP contribution in [0.2, 0.25) is 0 Å². The molecule has 1 aromatic heterocycles. The molecule has 1 aromatic carbocycles. The molecular weight excluding hydrogens is 214 g/mol. The molecule has 0 saturated heterocycles. The quantitative estimate of drug-likeness (QED) is 0.708. The van der Waals surface area contributed by atoms with Crippen molar-refractivity contribution in [3.8, 4) is 0 Å². The van der Waals surface area contributed by atoms with Gasteiger partial charge in [0.15, 0.2) is 0 Å². The van der Waals surface area contributed by atoms with Crippen molar-refractivity contribution in [1.82, 2.24) is 4.57 Å². The van der Waals surface area contributed by atoms with Gasteiger partial charge in [-0.25, -0.2) is 0 Å². The van der Waals surface area contributed by atoms with Gasteiger partial charge in [-0.2, -0.15) is 0 Å². The fraction of sp³-hybridized carbons (Fsp3) is 0.357. The van der Waals surface area contributed by atoms with Crippen molar-refractivity contribution in [2.24, 2.45) is 0 Å². The van der Waals surface area contributed by atoms with E-state index in [0.717, 1.165) is 0 Å². The van der Waals surface area contributed by atoms with E-state index < -0.39 is 0 Å². The Balaban J connectivity index is 0.000000317. The molecule has 0 atom stereocenters. The molecule has 0 bridgehead atoms. The Labute approximate surface area is 102 Å². The summed E-state index contributed by atoms with van der Waals surface area (Å²) in [6.07, 6.45) is 2.16. The lowest BCUT2D eigenvalue weighted by atomic mass is 10.1. The van der Waals surface area contributed by atoms with E-state index in [2.05, 4.69) is 66.6 Å². The maximum atomic E-state index is 8.95. The highest BCUT2D eigenvalue weighted by molar-refractivity contribution is 5.80. The van der Waals surface area contributed by atoms with Crippen LogP contribution in [-0.4, -0.2) is 18.1 Å². The normalized spacial score (nSPS) is 10.6. The highest BCUT2D eigenvalue weighted by Crippen LogP contribution is 2.23. The molecule has 0 amide bonds. The van der Waals surface area contributed by atoms with Crippen LogP contribution in [0.5, 0.6) is 0 Å². The fourth-order valence-corrected chi connectivity index (χ4v) is 1.67. The summed E-state index contributed by atoms with van der Waals surface area (Å²) in [5.41, 5.74) is 1.48. The predicted octanol–water partition coefficient (Wildman–Crippen LogP) is 3.19. The second-order valence-corrected chi connectivity index (χ2v) is 4.75. The first-order valence-corrected chi connectivity index (χ1v) is 5.53. The SMILES string of the molecule is CC(C)(C)n1ccc2ccccc21.COC=O. The van der Waals surface area contributed by atoms with Crippen molar-refractivity contribution in [2.45, 2.75) is 26.3 Å². The number of hydrogen-bond donors (Lipinski definition) is 0. The molecule has 0 spiro atoms. The third kappa shape index (κ3) is 3.34. The topological polar surface area (TPSA) is 31.2 Å². The Kier molecular flexibility index (Phi) is 4.32. The lowest BCUT2D eigenvalue weighted by Gasteiger charge is -2.22. The fourth-order valence-electron chi connectivity index (χ4n) is 1.67. The first kappa shape index (κ1) is 13.3. The number of para-hydroxylation sites is 1. The minimum absolute atomic E-state index is 0.170. The number of ether oxygens (including phenoxy) is 1. The van der Waals surface area contributed by atoms with Crippen molar-refractivity contribution in [3.05, 3.63) is 36.5 Å². The summed E-state index contributed by atoms with van der Waals surface area (Å²) >= 11 is 0. The average molecular weight is 233 g/mol.